The van der Waals surface area contributed by atoms with Crippen LogP contribution in [0, 0.1) is 116 Å². The van der Waals surface area contributed by atoms with E-state index in [2.05, 4.69) is 11.6 Å². The van der Waals surface area contributed by atoms with Crippen molar-refractivity contribution in [3.8, 4) is 0 Å². The molecule has 6 aromatic rings. The molecule has 0 aliphatic carbocycles. The number of hydrogen-bond acceptors (Lipinski definition) is 2. The van der Waals surface area contributed by atoms with E-state index in [0.717, 1.165) is 0 Å². The molecule has 0 N–H and O–H groups in total. The molecule has 0 bridgehead atoms. The molecule has 0 atom stereocenters. The minimum atomic E-state index is -7.22. The zero-order valence-corrected chi connectivity index (χ0v) is 30.6. The molecule has 0 amide bonds. The van der Waals surface area contributed by atoms with Crippen molar-refractivity contribution < 1.29 is 97.2 Å². The van der Waals surface area contributed by atoms with Crippen LogP contribution in [0.25, 0.3) is 5.03 Å². The van der Waals surface area contributed by atoms with Crippen LogP contribution in [0.1, 0.15) is 16.1 Å². The van der Waals surface area contributed by atoms with Crippen LogP contribution in [-0.4, -0.2) is 16.9 Å². The summed E-state index contributed by atoms with van der Waals surface area (Å²) < 4.78 is 296. The lowest BCUT2D eigenvalue weighted by Crippen LogP contribution is -2.81. The van der Waals surface area contributed by atoms with Gasteiger partial charge in [-0.25, -0.2) is 92.8 Å². The highest BCUT2D eigenvalue weighted by Crippen LogP contribution is 2.30. The van der Waals surface area contributed by atoms with Crippen molar-refractivity contribution in [1.82, 2.24) is 4.98 Å². The molecule has 0 radical (unpaired) electrons. The van der Waals surface area contributed by atoms with E-state index in [1.54, 1.807) is 35.3 Å². The normalized spacial score (nSPS) is 11.4. The Bertz CT molecular complexity index is 2500. The van der Waals surface area contributed by atoms with Crippen molar-refractivity contribution in [2.24, 2.45) is 0 Å². The van der Waals surface area contributed by atoms with Crippen LogP contribution in [0.3, 0.4) is 0 Å². The highest BCUT2D eigenvalue weighted by atomic mass is 35.5. The van der Waals surface area contributed by atoms with E-state index < -0.39 is 144 Å². The molecule has 3 nitrogen and oxygen atoms in total. The van der Waals surface area contributed by atoms with Gasteiger partial charge in [0, 0.05) is 5.56 Å². The summed E-state index contributed by atoms with van der Waals surface area (Å²) in [6.45, 7) is 3.86. The Balaban J connectivity index is 0.000000345. The van der Waals surface area contributed by atoms with Gasteiger partial charge < -0.3 is 0 Å². The molecule has 0 fully saturated rings. The van der Waals surface area contributed by atoms with Crippen LogP contribution in [0.5, 0.6) is 0 Å². The smallest absolute Gasteiger partial charge is 0.227 e. The Kier molecular flexibility index (Phi) is 13.4. The fraction of sp³-hybridized carbons (Fsp3) is 0.0263. The van der Waals surface area contributed by atoms with Crippen molar-refractivity contribution in [3.63, 3.8) is 0 Å². The molecule has 5 aromatic carbocycles. The maximum Gasteiger partial charge on any atom is 0.227 e. The predicted molar refractivity (Wildman–Crippen MR) is 179 cm³/mol. The zero-order valence-electron chi connectivity index (χ0n) is 29.9. The number of carbonyl (C=O) groups excluding carboxylic acids is 1. The lowest BCUT2D eigenvalue weighted by atomic mass is 9.12. The molecule has 0 spiro atoms. The van der Waals surface area contributed by atoms with Crippen molar-refractivity contribution in [2.75, 3.05) is 0 Å². The first-order valence-corrected chi connectivity index (χ1v) is 16.8. The second kappa shape index (κ2) is 17.7. The second-order valence-electron chi connectivity index (χ2n) is 12.6. The first-order chi connectivity index (χ1) is 29.4. The predicted octanol–water partition coefficient (Wildman–Crippen LogP) is 8.31. The average Bonchev–Trinajstić information content (AvgIpc) is 3.26. The summed E-state index contributed by atoms with van der Waals surface area (Å²) in [5.41, 5.74) is -13.1. The van der Waals surface area contributed by atoms with E-state index in [-0.39, 0.29) is 12.3 Å². The van der Waals surface area contributed by atoms with Crippen LogP contribution in [0.15, 0.2) is 55.5 Å². The summed E-state index contributed by atoms with van der Waals surface area (Å²) in [6.07, 6.45) is -2.19. The van der Waals surface area contributed by atoms with Gasteiger partial charge in [0.05, 0.1) is 11.2 Å². The monoisotopic (exact) mass is 938 g/mol. The molecule has 25 heteroatoms. The Morgan fingerprint density at radius 1 is 0.476 bits per heavy atom. The number of rotatable bonds is 8. The number of halogens is 21. The van der Waals surface area contributed by atoms with Gasteiger partial charge in [-0.2, -0.15) is 4.57 Å². The third-order valence-corrected chi connectivity index (χ3v) is 9.36. The second-order valence-corrected chi connectivity index (χ2v) is 13.1. The molecule has 1 aromatic heterocycles. The topological polar surface area (TPSA) is 33.8 Å². The lowest BCUT2D eigenvalue weighted by Gasteiger charge is -2.44. The summed E-state index contributed by atoms with van der Waals surface area (Å²) in [4.78, 5) is 16.1. The zero-order chi connectivity index (χ0) is 47.3. The standard InChI is InChI=1S/C24BF20.C14H12ClN2O/c26-5-1(6(27)14(35)21(42)13(5)34)25(2-7(28)15(36)22(43)16(37)8(2)29,3-9(30)17(38)23(44)18(39)10(3)31)4-11(32)19(40)24(45)20(41)12(4)33;1-11(15)13-9-17(8-7-16-13)10-14(18)12-5-3-2-4-6-12/h;2-9H,1,10H2/q-1;+1. The van der Waals surface area contributed by atoms with Gasteiger partial charge in [0.15, 0.2) is 82.2 Å². The van der Waals surface area contributed by atoms with Gasteiger partial charge >= 0.3 is 0 Å². The first kappa shape index (κ1) is 47.6. The summed E-state index contributed by atoms with van der Waals surface area (Å²) in [5.74, 6) is -71.4. The number of Topliss-reactive ketones (excluding diaryl/α,β-unsaturated/α-hetero) is 1. The van der Waals surface area contributed by atoms with E-state index in [0.29, 0.717) is 16.3 Å². The Labute approximate surface area is 342 Å². The molecule has 6 rings (SSSR count). The minimum Gasteiger partial charge on any atom is -0.287 e. The first-order valence-electron chi connectivity index (χ1n) is 16.4. The minimum absolute atomic E-state index is 0.0398. The third-order valence-electron chi connectivity index (χ3n) is 9.17. The number of nitrogens with zero attached hydrogens (tertiary/aromatic N) is 2. The molecule has 330 valence electrons. The summed E-state index contributed by atoms with van der Waals surface area (Å²) in [5, 5.41) is 0.358. The summed E-state index contributed by atoms with van der Waals surface area (Å²) >= 11 is 5.77. The Morgan fingerprint density at radius 3 is 1.02 bits per heavy atom. The SMILES string of the molecule is C=C(Cl)c1c[n+](CC(=O)c2ccccc2)ccn1.Fc1c(F)c(F)c([B-](c2c(F)c(F)c(F)c(F)c2F)(c2c(F)c(F)c(F)c(F)c2F)c2c(F)c(F)c(F)c(F)c2F)c(F)c1F. The fourth-order valence-corrected chi connectivity index (χ4v) is 6.52. The van der Waals surface area contributed by atoms with Crippen molar-refractivity contribution >= 4 is 50.4 Å². The van der Waals surface area contributed by atoms with E-state index in [1.165, 1.54) is 0 Å². The van der Waals surface area contributed by atoms with E-state index in [9.17, 15) is 57.5 Å². The maximum absolute atomic E-state index is 15.4. The largest absolute Gasteiger partial charge is 0.287 e. The quantitative estimate of drug-likeness (QED) is 0.0385. The van der Waals surface area contributed by atoms with Crippen molar-refractivity contribution in [2.45, 2.75) is 6.54 Å². The number of carbonyl (C=O) groups is 1. The van der Waals surface area contributed by atoms with Crippen LogP contribution in [0.4, 0.5) is 87.8 Å². The van der Waals surface area contributed by atoms with Crippen LogP contribution in [-0.2, 0) is 6.54 Å². The number of benzene rings is 5. The van der Waals surface area contributed by atoms with Gasteiger partial charge in [-0.1, -0.05) is 48.5 Å². The van der Waals surface area contributed by atoms with Crippen molar-refractivity contribution in [3.05, 3.63) is 183 Å². The van der Waals surface area contributed by atoms with Gasteiger partial charge in [0.25, 0.3) is 0 Å². The van der Waals surface area contributed by atoms with Gasteiger partial charge in [0.2, 0.25) is 12.3 Å². The summed E-state index contributed by atoms with van der Waals surface area (Å²) in [6, 6.07) is 9.16. The molecule has 0 unspecified atom stereocenters. The molecule has 0 saturated carbocycles. The summed E-state index contributed by atoms with van der Waals surface area (Å²) in [7, 11) is 0. The Morgan fingerprint density at radius 2 is 0.746 bits per heavy atom. The van der Waals surface area contributed by atoms with Gasteiger partial charge in [-0.05, 0) is 0 Å². The van der Waals surface area contributed by atoms with Crippen LogP contribution < -0.4 is 26.4 Å². The lowest BCUT2D eigenvalue weighted by molar-refractivity contribution is -0.683. The molecule has 1 heterocycles. The highest BCUT2D eigenvalue weighted by molar-refractivity contribution is 7.20. The Hall–Kier alpha value is -6.46. The number of ketones is 1. The molecule has 0 aliphatic heterocycles. The third kappa shape index (κ3) is 7.73. The van der Waals surface area contributed by atoms with Crippen molar-refractivity contribution in [1.29, 1.82) is 0 Å². The van der Waals surface area contributed by atoms with Gasteiger partial charge in [-0.3, -0.25) is 4.79 Å². The average molecular weight is 939 g/mol. The maximum atomic E-state index is 15.4. The van der Waals surface area contributed by atoms with E-state index in [4.69, 9.17) is 11.6 Å². The van der Waals surface area contributed by atoms with Gasteiger partial charge in [-0.15, -0.1) is 21.9 Å². The molecular formula is C38H12BClF20N2O. The van der Waals surface area contributed by atoms with E-state index in [1.807, 2.05) is 18.2 Å². The number of aromatic nitrogens is 2. The van der Waals surface area contributed by atoms with Crippen LogP contribution >= 0.6 is 11.6 Å². The molecule has 63 heavy (non-hydrogen) atoms. The van der Waals surface area contributed by atoms with Gasteiger partial charge in [0.1, 0.15) is 58.4 Å². The molecular weight excluding hydrogens is 927 g/mol. The molecule has 0 aliphatic rings. The van der Waals surface area contributed by atoms with E-state index >= 15 is 35.1 Å². The highest BCUT2D eigenvalue weighted by Gasteiger charge is 2.52. The van der Waals surface area contributed by atoms with Crippen LogP contribution in [0.2, 0.25) is 0 Å². The number of hydrogen-bond donors (Lipinski definition) is 0. The molecule has 0 saturated heterocycles. The fourth-order valence-electron chi connectivity index (χ4n) is 6.43.